The lowest BCUT2D eigenvalue weighted by molar-refractivity contribution is 0.0944. The van der Waals surface area contributed by atoms with E-state index in [0.29, 0.717) is 0 Å². The van der Waals surface area contributed by atoms with Gasteiger partial charge in [0.15, 0.2) is 0 Å². The molecule has 0 rings (SSSR count). The largest absolute Gasteiger partial charge is 0.446 e. The number of ether oxygens (including phenoxy) is 2. The van der Waals surface area contributed by atoms with Gasteiger partial charge in [0.25, 0.3) is 0 Å². The van der Waals surface area contributed by atoms with Crippen LogP contribution in [0.4, 0.5) is 9.59 Å². The Balaban J connectivity index is 3.72. The summed E-state index contributed by atoms with van der Waals surface area (Å²) in [5.41, 5.74) is 0. The van der Waals surface area contributed by atoms with Crippen LogP contribution in [0.15, 0.2) is 0 Å². The lowest BCUT2D eigenvalue weighted by atomic mass is 10.5. The molecule has 5 nitrogen and oxygen atoms in total. The van der Waals surface area contributed by atoms with Gasteiger partial charge in [0.2, 0.25) is 0 Å². The van der Waals surface area contributed by atoms with E-state index in [4.69, 9.17) is 0 Å². The molecule has 0 aliphatic rings. The number of rotatable bonds is 2. The number of amides is 2. The van der Waals surface area contributed by atoms with Crippen LogP contribution in [0.3, 0.4) is 0 Å². The van der Waals surface area contributed by atoms with Crippen molar-refractivity contribution in [2.24, 2.45) is 0 Å². The average Bonchev–Trinajstić information content (AvgIpc) is 1.80. The molecule has 2 amide bonds. The van der Waals surface area contributed by atoms with Gasteiger partial charge in [-0.15, -0.1) is 0 Å². The minimum Gasteiger partial charge on any atom is -0.446 e. The van der Waals surface area contributed by atoms with Crippen LogP contribution in [-0.2, 0) is 9.47 Å². The van der Waals surface area contributed by atoms with E-state index in [2.05, 4.69) is 9.47 Å². The summed E-state index contributed by atoms with van der Waals surface area (Å²) in [6, 6.07) is 0. The summed E-state index contributed by atoms with van der Waals surface area (Å²) >= 11 is 0. The molecular formula is C8H15NO4. The standard InChI is InChI=1S/C8H15NO4/c1-5(2)12-7(10)9-8(11)13-6(3)4/h5-6H,1-4H3,(H,9,10,11). The zero-order valence-corrected chi connectivity index (χ0v) is 8.29. The molecule has 0 bridgehead atoms. The van der Waals surface area contributed by atoms with E-state index < -0.39 is 12.2 Å². The van der Waals surface area contributed by atoms with E-state index in [1.807, 2.05) is 5.32 Å². The van der Waals surface area contributed by atoms with Gasteiger partial charge >= 0.3 is 12.2 Å². The van der Waals surface area contributed by atoms with Crippen LogP contribution in [-0.4, -0.2) is 24.4 Å². The van der Waals surface area contributed by atoms with Crippen LogP contribution >= 0.6 is 0 Å². The molecule has 0 aliphatic carbocycles. The number of carbonyl (C=O) groups excluding carboxylic acids is 2. The predicted octanol–water partition coefficient (Wildman–Crippen LogP) is 1.67. The molecule has 0 aromatic rings. The van der Waals surface area contributed by atoms with Crippen LogP contribution in [0.25, 0.3) is 0 Å². The van der Waals surface area contributed by atoms with Crippen molar-refractivity contribution < 1.29 is 19.1 Å². The third-order valence-corrected chi connectivity index (χ3v) is 0.890. The number of nitrogens with one attached hydrogen (secondary N) is 1. The lowest BCUT2D eigenvalue weighted by Crippen LogP contribution is -2.34. The second-order valence-electron chi connectivity index (χ2n) is 3.03. The van der Waals surface area contributed by atoms with E-state index >= 15 is 0 Å². The van der Waals surface area contributed by atoms with Gasteiger partial charge in [-0.2, -0.15) is 0 Å². The first-order chi connectivity index (χ1) is 5.91. The quantitative estimate of drug-likeness (QED) is 0.717. The van der Waals surface area contributed by atoms with Gasteiger partial charge in [-0.3, -0.25) is 0 Å². The first-order valence-electron chi connectivity index (χ1n) is 4.10. The average molecular weight is 189 g/mol. The van der Waals surface area contributed by atoms with Gasteiger partial charge in [0.1, 0.15) is 0 Å². The van der Waals surface area contributed by atoms with Crippen molar-refractivity contribution in [2.75, 3.05) is 0 Å². The maximum absolute atomic E-state index is 10.8. The van der Waals surface area contributed by atoms with E-state index in [0.717, 1.165) is 0 Å². The third kappa shape index (κ3) is 7.11. The SMILES string of the molecule is CC(C)OC(=O)NC(=O)OC(C)C. The highest BCUT2D eigenvalue weighted by atomic mass is 16.6. The number of imide groups is 1. The Morgan fingerprint density at radius 1 is 0.923 bits per heavy atom. The fraction of sp³-hybridized carbons (Fsp3) is 0.750. The van der Waals surface area contributed by atoms with Crippen molar-refractivity contribution in [3.63, 3.8) is 0 Å². The van der Waals surface area contributed by atoms with Gasteiger partial charge in [0.05, 0.1) is 12.2 Å². The van der Waals surface area contributed by atoms with Crippen molar-refractivity contribution in [3.8, 4) is 0 Å². The normalized spacial score (nSPS) is 10.0. The second-order valence-corrected chi connectivity index (χ2v) is 3.03. The van der Waals surface area contributed by atoms with Crippen molar-refractivity contribution in [1.82, 2.24) is 5.32 Å². The zero-order chi connectivity index (χ0) is 10.4. The summed E-state index contributed by atoms with van der Waals surface area (Å²) in [7, 11) is 0. The van der Waals surface area contributed by atoms with Gasteiger partial charge in [0, 0.05) is 0 Å². The first kappa shape index (κ1) is 11.7. The maximum Gasteiger partial charge on any atom is 0.416 e. The minimum atomic E-state index is -0.791. The number of alkyl carbamates (subject to hydrolysis) is 2. The van der Waals surface area contributed by atoms with Crippen LogP contribution < -0.4 is 5.32 Å². The fourth-order valence-electron chi connectivity index (χ4n) is 0.570. The molecular weight excluding hydrogens is 174 g/mol. The van der Waals surface area contributed by atoms with Crippen molar-refractivity contribution in [3.05, 3.63) is 0 Å². The minimum absolute atomic E-state index is 0.258. The van der Waals surface area contributed by atoms with Crippen molar-refractivity contribution in [1.29, 1.82) is 0 Å². The molecule has 1 N–H and O–H groups in total. The summed E-state index contributed by atoms with van der Waals surface area (Å²) in [5, 5.41) is 1.92. The van der Waals surface area contributed by atoms with Crippen molar-refractivity contribution >= 4 is 12.2 Å². The number of carbonyl (C=O) groups is 2. The lowest BCUT2D eigenvalue weighted by Gasteiger charge is -2.10. The molecule has 0 saturated carbocycles. The first-order valence-corrected chi connectivity index (χ1v) is 4.10. The summed E-state index contributed by atoms with van der Waals surface area (Å²) in [6.07, 6.45) is -2.10. The molecule has 76 valence electrons. The number of hydrogen-bond acceptors (Lipinski definition) is 4. The molecule has 0 saturated heterocycles. The Kier molecular flexibility index (Phi) is 4.87. The topological polar surface area (TPSA) is 64.6 Å². The van der Waals surface area contributed by atoms with E-state index in [9.17, 15) is 9.59 Å². The van der Waals surface area contributed by atoms with Crippen LogP contribution in [0, 0.1) is 0 Å². The van der Waals surface area contributed by atoms with Gasteiger partial charge in [-0.25, -0.2) is 14.9 Å². The van der Waals surface area contributed by atoms with Gasteiger partial charge in [-0.1, -0.05) is 0 Å². The van der Waals surface area contributed by atoms with E-state index in [1.165, 1.54) is 0 Å². The van der Waals surface area contributed by atoms with E-state index in [1.54, 1.807) is 27.7 Å². The molecule has 0 aromatic carbocycles. The Morgan fingerprint density at radius 3 is 1.46 bits per heavy atom. The Labute approximate surface area is 77.4 Å². The summed E-state index contributed by atoms with van der Waals surface area (Å²) < 4.78 is 9.30. The smallest absolute Gasteiger partial charge is 0.416 e. The Hall–Kier alpha value is -1.26. The summed E-state index contributed by atoms with van der Waals surface area (Å²) in [5.74, 6) is 0. The highest BCUT2D eigenvalue weighted by molar-refractivity contribution is 5.87. The Bertz CT molecular complexity index is 169. The van der Waals surface area contributed by atoms with Crippen LogP contribution in [0.5, 0.6) is 0 Å². The highest BCUT2D eigenvalue weighted by Crippen LogP contribution is 1.91. The Morgan fingerprint density at radius 2 is 1.23 bits per heavy atom. The van der Waals surface area contributed by atoms with Crippen LogP contribution in [0.2, 0.25) is 0 Å². The summed E-state index contributed by atoms with van der Waals surface area (Å²) in [6.45, 7) is 6.75. The zero-order valence-electron chi connectivity index (χ0n) is 8.29. The van der Waals surface area contributed by atoms with Crippen molar-refractivity contribution in [2.45, 2.75) is 39.9 Å². The van der Waals surface area contributed by atoms with Crippen LogP contribution in [0.1, 0.15) is 27.7 Å². The molecule has 5 heteroatoms. The molecule has 0 unspecified atom stereocenters. The molecule has 0 spiro atoms. The highest BCUT2D eigenvalue weighted by Gasteiger charge is 2.11. The predicted molar refractivity (Wildman–Crippen MR) is 46.4 cm³/mol. The molecule has 13 heavy (non-hydrogen) atoms. The third-order valence-electron chi connectivity index (χ3n) is 0.890. The van der Waals surface area contributed by atoms with Gasteiger partial charge in [-0.05, 0) is 27.7 Å². The monoisotopic (exact) mass is 189 g/mol. The number of hydrogen-bond donors (Lipinski definition) is 1. The maximum atomic E-state index is 10.8. The summed E-state index contributed by atoms with van der Waals surface area (Å²) in [4.78, 5) is 21.6. The van der Waals surface area contributed by atoms with Gasteiger partial charge < -0.3 is 9.47 Å². The molecule has 0 atom stereocenters. The molecule has 0 aliphatic heterocycles. The van der Waals surface area contributed by atoms with E-state index in [-0.39, 0.29) is 12.2 Å². The molecule has 0 heterocycles. The molecule has 0 aromatic heterocycles. The molecule has 0 radical (unpaired) electrons. The fourth-order valence-corrected chi connectivity index (χ4v) is 0.570. The second kappa shape index (κ2) is 5.40. The molecule has 0 fully saturated rings.